The maximum absolute atomic E-state index is 13.9. The first-order chi connectivity index (χ1) is 18.7. The molecule has 0 fully saturated rings. The van der Waals surface area contributed by atoms with E-state index in [9.17, 15) is 9.59 Å². The first-order valence-electron chi connectivity index (χ1n) is 12.8. The van der Waals surface area contributed by atoms with Crippen molar-refractivity contribution in [1.29, 1.82) is 0 Å². The van der Waals surface area contributed by atoms with E-state index in [1.807, 2.05) is 30.3 Å². The van der Waals surface area contributed by atoms with Crippen molar-refractivity contribution in [2.45, 2.75) is 40.7 Å². The zero-order valence-corrected chi connectivity index (χ0v) is 23.8. The molecule has 1 aliphatic rings. The number of hydrogen-bond donors (Lipinski definition) is 0. The van der Waals surface area contributed by atoms with Crippen molar-refractivity contribution in [3.05, 3.63) is 114 Å². The van der Waals surface area contributed by atoms with Crippen molar-refractivity contribution in [3.63, 3.8) is 0 Å². The Morgan fingerprint density at radius 1 is 1.05 bits per heavy atom. The average Bonchev–Trinajstić information content (AvgIpc) is 3.38. The number of hydrogen-bond acceptors (Lipinski definition) is 6. The van der Waals surface area contributed by atoms with Gasteiger partial charge in [-0.2, -0.15) is 0 Å². The van der Waals surface area contributed by atoms with Gasteiger partial charge in [-0.05, 0) is 82.2 Å². The summed E-state index contributed by atoms with van der Waals surface area (Å²) in [5, 5.41) is 0. The SMILES string of the molecule is CCOC(=O)C1=C(C)N=c2s/c(=C\c3cc(C)n(-c4ccc(C)cc4)c3C)c(=O)n2C1c1ccc(OC)cc1. The van der Waals surface area contributed by atoms with Gasteiger partial charge >= 0.3 is 5.97 Å². The van der Waals surface area contributed by atoms with Crippen LogP contribution >= 0.6 is 11.3 Å². The van der Waals surface area contributed by atoms with Crippen LogP contribution in [-0.2, 0) is 9.53 Å². The van der Waals surface area contributed by atoms with Gasteiger partial charge in [-0.3, -0.25) is 9.36 Å². The topological polar surface area (TPSA) is 74.8 Å². The van der Waals surface area contributed by atoms with Gasteiger partial charge in [-0.1, -0.05) is 41.2 Å². The van der Waals surface area contributed by atoms with E-state index in [1.165, 1.54) is 16.9 Å². The largest absolute Gasteiger partial charge is 0.497 e. The summed E-state index contributed by atoms with van der Waals surface area (Å²) in [6, 6.07) is 17.2. The predicted octanol–water partition coefficient (Wildman–Crippen LogP) is 4.52. The van der Waals surface area contributed by atoms with Crippen molar-refractivity contribution in [1.82, 2.24) is 9.13 Å². The van der Waals surface area contributed by atoms with Crippen molar-refractivity contribution in [3.8, 4) is 11.4 Å². The van der Waals surface area contributed by atoms with E-state index in [0.717, 1.165) is 28.2 Å². The third kappa shape index (κ3) is 4.76. The summed E-state index contributed by atoms with van der Waals surface area (Å²) in [6.07, 6.45) is 1.92. The van der Waals surface area contributed by atoms with Gasteiger partial charge in [-0.25, -0.2) is 9.79 Å². The second kappa shape index (κ2) is 10.5. The molecule has 1 unspecified atom stereocenters. The summed E-state index contributed by atoms with van der Waals surface area (Å²) in [5.74, 6) is 0.212. The highest BCUT2D eigenvalue weighted by atomic mass is 32.1. The van der Waals surface area contributed by atoms with Gasteiger partial charge in [0.25, 0.3) is 5.56 Å². The maximum atomic E-state index is 13.9. The molecule has 2 aromatic heterocycles. The second-order valence-corrected chi connectivity index (χ2v) is 10.6. The fourth-order valence-electron chi connectivity index (χ4n) is 5.06. The fourth-order valence-corrected chi connectivity index (χ4v) is 6.10. The van der Waals surface area contributed by atoms with Gasteiger partial charge in [0.15, 0.2) is 4.80 Å². The molecule has 8 heteroatoms. The minimum atomic E-state index is -0.659. The van der Waals surface area contributed by atoms with Crippen LogP contribution in [0.15, 0.2) is 75.7 Å². The number of esters is 1. The Morgan fingerprint density at radius 3 is 2.38 bits per heavy atom. The van der Waals surface area contributed by atoms with Crippen LogP contribution in [0.4, 0.5) is 0 Å². The highest BCUT2D eigenvalue weighted by Gasteiger charge is 2.33. The highest BCUT2D eigenvalue weighted by molar-refractivity contribution is 7.07. The lowest BCUT2D eigenvalue weighted by Gasteiger charge is -2.24. The lowest BCUT2D eigenvalue weighted by molar-refractivity contribution is -0.139. The molecule has 0 amide bonds. The number of ether oxygens (including phenoxy) is 2. The van der Waals surface area contributed by atoms with Gasteiger partial charge in [0.05, 0.1) is 35.6 Å². The summed E-state index contributed by atoms with van der Waals surface area (Å²) in [5.41, 5.74) is 6.83. The maximum Gasteiger partial charge on any atom is 0.338 e. The lowest BCUT2D eigenvalue weighted by atomic mass is 9.96. The van der Waals surface area contributed by atoms with E-state index in [4.69, 9.17) is 9.47 Å². The van der Waals surface area contributed by atoms with Gasteiger partial charge in [0.1, 0.15) is 5.75 Å². The van der Waals surface area contributed by atoms with E-state index >= 15 is 0 Å². The number of carbonyl (C=O) groups excluding carboxylic acids is 1. The van der Waals surface area contributed by atoms with E-state index in [0.29, 0.717) is 26.4 Å². The molecule has 200 valence electrons. The van der Waals surface area contributed by atoms with Crippen molar-refractivity contribution in [2.75, 3.05) is 13.7 Å². The Bertz CT molecular complexity index is 1770. The third-order valence-electron chi connectivity index (χ3n) is 7.00. The van der Waals surface area contributed by atoms with Crippen LogP contribution in [0, 0.1) is 20.8 Å². The van der Waals surface area contributed by atoms with Crippen LogP contribution in [0.1, 0.15) is 48.0 Å². The quantitative estimate of drug-likeness (QED) is 0.337. The number of benzene rings is 2. The molecule has 1 aliphatic heterocycles. The average molecular weight is 542 g/mol. The number of thiazole rings is 1. The smallest absolute Gasteiger partial charge is 0.338 e. The van der Waals surface area contributed by atoms with Crippen molar-refractivity contribution >= 4 is 23.4 Å². The molecule has 39 heavy (non-hydrogen) atoms. The van der Waals surface area contributed by atoms with Crippen LogP contribution in [0.5, 0.6) is 5.75 Å². The number of methoxy groups -OCH3 is 1. The monoisotopic (exact) mass is 541 g/mol. The van der Waals surface area contributed by atoms with E-state index in [-0.39, 0.29) is 12.2 Å². The van der Waals surface area contributed by atoms with Gasteiger partial charge in [0, 0.05) is 17.1 Å². The van der Waals surface area contributed by atoms with Crippen molar-refractivity contribution in [2.24, 2.45) is 4.99 Å². The predicted molar refractivity (Wildman–Crippen MR) is 153 cm³/mol. The Kier molecular flexibility index (Phi) is 7.14. The van der Waals surface area contributed by atoms with E-state index in [2.05, 4.69) is 60.7 Å². The summed E-state index contributed by atoms with van der Waals surface area (Å²) >= 11 is 1.32. The molecular weight excluding hydrogens is 510 g/mol. The summed E-state index contributed by atoms with van der Waals surface area (Å²) in [7, 11) is 1.60. The zero-order valence-electron chi connectivity index (χ0n) is 22.9. The normalized spacial score (nSPS) is 15.2. The number of rotatable bonds is 6. The van der Waals surface area contributed by atoms with Crippen LogP contribution in [-0.4, -0.2) is 28.8 Å². The number of allylic oxidation sites excluding steroid dienone is 1. The van der Waals surface area contributed by atoms with Crippen LogP contribution < -0.4 is 19.6 Å². The fraction of sp³-hybridized carbons (Fsp3) is 0.258. The number of nitrogens with zero attached hydrogens (tertiary/aromatic N) is 3. The molecule has 0 spiro atoms. The first kappa shape index (κ1) is 26.4. The minimum Gasteiger partial charge on any atom is -0.497 e. The molecule has 2 aromatic carbocycles. The van der Waals surface area contributed by atoms with E-state index in [1.54, 1.807) is 25.5 Å². The summed E-state index contributed by atoms with van der Waals surface area (Å²) in [6.45, 7) is 9.96. The molecule has 0 saturated heterocycles. The summed E-state index contributed by atoms with van der Waals surface area (Å²) < 4.78 is 15.0. The molecular formula is C31H31N3O4S. The molecule has 0 saturated carbocycles. The molecule has 4 aromatic rings. The summed E-state index contributed by atoms with van der Waals surface area (Å²) in [4.78, 5) is 32.3. The van der Waals surface area contributed by atoms with Crippen LogP contribution in [0.2, 0.25) is 0 Å². The van der Waals surface area contributed by atoms with Gasteiger partial charge in [0.2, 0.25) is 0 Å². The van der Waals surface area contributed by atoms with E-state index < -0.39 is 12.0 Å². The first-order valence-corrected chi connectivity index (χ1v) is 13.6. The van der Waals surface area contributed by atoms with Crippen LogP contribution in [0.3, 0.4) is 0 Å². The molecule has 0 bridgehead atoms. The van der Waals surface area contributed by atoms with Gasteiger partial charge in [-0.15, -0.1) is 0 Å². The standard InChI is InChI=1S/C31H31N3O4S/c1-7-38-30(36)27-20(4)32-31-34(28(27)22-10-14-25(37-6)15-11-22)29(35)26(39-31)17-23-16-19(3)33(21(23)5)24-12-8-18(2)9-13-24/h8-17,28H,7H2,1-6H3/b26-17-. The molecule has 0 aliphatic carbocycles. The van der Waals surface area contributed by atoms with Crippen LogP contribution in [0.25, 0.3) is 11.8 Å². The van der Waals surface area contributed by atoms with Gasteiger partial charge < -0.3 is 14.0 Å². The molecule has 7 nitrogen and oxygen atoms in total. The molecule has 3 heterocycles. The molecule has 5 rings (SSSR count). The zero-order chi connectivity index (χ0) is 27.8. The Hall–Kier alpha value is -4.17. The third-order valence-corrected chi connectivity index (χ3v) is 7.98. The number of aryl methyl sites for hydroxylation is 2. The Labute approximate surface area is 231 Å². The molecule has 0 N–H and O–H groups in total. The number of fused-ring (bicyclic) bond motifs is 1. The van der Waals surface area contributed by atoms with Crippen molar-refractivity contribution < 1.29 is 14.3 Å². The Balaban J connectivity index is 1.68. The molecule has 0 radical (unpaired) electrons. The molecule has 1 atom stereocenters. The number of carbonyl (C=O) groups is 1. The lowest BCUT2D eigenvalue weighted by Crippen LogP contribution is -2.39. The highest BCUT2D eigenvalue weighted by Crippen LogP contribution is 2.31. The Morgan fingerprint density at radius 2 is 1.74 bits per heavy atom. The second-order valence-electron chi connectivity index (χ2n) is 9.57. The minimum absolute atomic E-state index is 0.200. The number of aromatic nitrogens is 2.